The Morgan fingerprint density at radius 1 is 1.30 bits per heavy atom. The summed E-state index contributed by atoms with van der Waals surface area (Å²) < 4.78 is 2.12. The number of rotatable bonds is 4. The van der Waals surface area contributed by atoms with E-state index in [4.69, 9.17) is 16.7 Å². The molecule has 2 aromatic heterocycles. The predicted molar refractivity (Wildman–Crippen MR) is 78.0 cm³/mol. The highest BCUT2D eigenvalue weighted by atomic mass is 35.5. The molecule has 0 bridgehead atoms. The molecular weight excluding hydrogens is 278 g/mol. The topological polar surface area (TPSA) is 75.9 Å². The molecule has 0 amide bonds. The number of fused-ring (bicyclic) bond motifs is 1. The van der Waals surface area contributed by atoms with E-state index in [0.717, 1.165) is 30.0 Å². The average molecular weight is 296 g/mol. The van der Waals surface area contributed by atoms with E-state index in [-0.39, 0.29) is 11.9 Å². The van der Waals surface area contributed by atoms with Gasteiger partial charge in [-0.2, -0.15) is 4.98 Å². The minimum absolute atomic E-state index is 0.0697. The molecule has 3 rings (SSSR count). The molecule has 108 valence electrons. The van der Waals surface area contributed by atoms with Crippen LogP contribution in [0.5, 0.6) is 0 Å². The van der Waals surface area contributed by atoms with Crippen LogP contribution in [0.2, 0.25) is 5.28 Å². The van der Waals surface area contributed by atoms with Crippen LogP contribution in [-0.2, 0) is 0 Å². The molecule has 20 heavy (non-hydrogen) atoms. The Hall–Kier alpha value is -1.40. The number of halogens is 1. The van der Waals surface area contributed by atoms with E-state index in [2.05, 4.69) is 24.8 Å². The van der Waals surface area contributed by atoms with Crippen LogP contribution in [0.1, 0.15) is 38.1 Å². The van der Waals surface area contributed by atoms with Gasteiger partial charge in [0.15, 0.2) is 5.65 Å². The van der Waals surface area contributed by atoms with Crippen molar-refractivity contribution >= 4 is 28.7 Å². The van der Waals surface area contributed by atoms with Crippen molar-refractivity contribution in [1.29, 1.82) is 0 Å². The van der Waals surface area contributed by atoms with E-state index in [9.17, 15) is 0 Å². The van der Waals surface area contributed by atoms with Gasteiger partial charge in [-0.05, 0) is 24.4 Å². The molecule has 2 N–H and O–H groups in total. The van der Waals surface area contributed by atoms with Gasteiger partial charge < -0.3 is 10.4 Å². The zero-order chi connectivity index (χ0) is 13.9. The summed E-state index contributed by atoms with van der Waals surface area (Å²) in [4.78, 5) is 12.8. The standard InChI is InChI=1S/C13H18ClN5O/c14-12-16-8-10-11(18-12)19(9-4-2-1-3-5-9)13(17-10)15-6-7-20/h8-9,20H,1-7H2,(H,15,17). The van der Waals surface area contributed by atoms with E-state index < -0.39 is 0 Å². The molecule has 0 spiro atoms. The highest BCUT2D eigenvalue weighted by Gasteiger charge is 2.22. The Labute approximate surface area is 122 Å². The Kier molecular flexibility index (Phi) is 4.03. The minimum Gasteiger partial charge on any atom is -0.395 e. The van der Waals surface area contributed by atoms with Crippen molar-refractivity contribution in [3.63, 3.8) is 0 Å². The van der Waals surface area contributed by atoms with Gasteiger partial charge in [0.1, 0.15) is 5.52 Å². The fraction of sp³-hybridized carbons (Fsp3) is 0.615. The van der Waals surface area contributed by atoms with E-state index in [0.29, 0.717) is 12.6 Å². The number of imidazole rings is 1. The zero-order valence-corrected chi connectivity index (χ0v) is 12.0. The molecule has 0 aromatic carbocycles. The van der Waals surface area contributed by atoms with Gasteiger partial charge in [0.25, 0.3) is 0 Å². The lowest BCUT2D eigenvalue weighted by Crippen LogP contribution is -2.18. The van der Waals surface area contributed by atoms with Crippen LogP contribution in [0.3, 0.4) is 0 Å². The first kappa shape index (κ1) is 13.6. The molecule has 6 nitrogen and oxygen atoms in total. The lowest BCUT2D eigenvalue weighted by molar-refractivity contribution is 0.309. The van der Waals surface area contributed by atoms with E-state index in [1.807, 2.05) is 0 Å². The highest BCUT2D eigenvalue weighted by Crippen LogP contribution is 2.33. The van der Waals surface area contributed by atoms with Gasteiger partial charge in [-0.3, -0.25) is 4.57 Å². The maximum atomic E-state index is 9.00. The van der Waals surface area contributed by atoms with Crippen molar-refractivity contribution in [3.8, 4) is 0 Å². The first-order valence-corrected chi connectivity index (χ1v) is 7.42. The van der Waals surface area contributed by atoms with Gasteiger partial charge >= 0.3 is 0 Å². The summed E-state index contributed by atoms with van der Waals surface area (Å²) in [6.45, 7) is 0.539. The van der Waals surface area contributed by atoms with Crippen LogP contribution in [-0.4, -0.2) is 37.8 Å². The molecule has 0 saturated heterocycles. The Bertz CT molecular complexity index is 594. The average Bonchev–Trinajstić information content (AvgIpc) is 2.83. The van der Waals surface area contributed by atoms with Crippen molar-refractivity contribution < 1.29 is 5.11 Å². The van der Waals surface area contributed by atoms with Crippen LogP contribution in [0.25, 0.3) is 11.2 Å². The second-order valence-corrected chi connectivity index (χ2v) is 5.43. The van der Waals surface area contributed by atoms with Crippen LogP contribution in [0, 0.1) is 0 Å². The normalized spacial score (nSPS) is 16.7. The van der Waals surface area contributed by atoms with Crippen molar-refractivity contribution in [3.05, 3.63) is 11.5 Å². The van der Waals surface area contributed by atoms with Gasteiger partial charge in [-0.15, -0.1) is 0 Å². The van der Waals surface area contributed by atoms with Crippen LogP contribution in [0.15, 0.2) is 6.20 Å². The first-order valence-electron chi connectivity index (χ1n) is 7.05. The fourth-order valence-corrected chi connectivity index (χ4v) is 2.98. The number of anilines is 1. The third kappa shape index (κ3) is 2.58. The maximum absolute atomic E-state index is 9.00. The molecule has 2 heterocycles. The molecule has 1 aliphatic rings. The molecule has 0 unspecified atom stereocenters. The number of aromatic nitrogens is 4. The number of hydrogen-bond donors (Lipinski definition) is 2. The summed E-state index contributed by atoms with van der Waals surface area (Å²) in [5, 5.41) is 12.4. The number of aliphatic hydroxyl groups excluding tert-OH is 1. The second kappa shape index (κ2) is 5.93. The minimum atomic E-state index is 0.0697. The summed E-state index contributed by atoms with van der Waals surface area (Å²) in [6.07, 6.45) is 7.64. The Morgan fingerprint density at radius 3 is 2.85 bits per heavy atom. The monoisotopic (exact) mass is 295 g/mol. The van der Waals surface area contributed by atoms with Crippen molar-refractivity contribution in [2.45, 2.75) is 38.1 Å². The smallest absolute Gasteiger partial charge is 0.224 e. The molecule has 1 fully saturated rings. The Balaban J connectivity index is 2.05. The summed E-state index contributed by atoms with van der Waals surface area (Å²) in [5.41, 5.74) is 1.51. The zero-order valence-electron chi connectivity index (χ0n) is 11.2. The summed E-state index contributed by atoms with van der Waals surface area (Å²) >= 11 is 5.92. The molecule has 1 aliphatic carbocycles. The SMILES string of the molecule is OCCNc1nc2cnc(Cl)nc2n1C1CCCCC1. The third-order valence-corrected chi connectivity index (χ3v) is 3.92. The van der Waals surface area contributed by atoms with Gasteiger partial charge in [-0.25, -0.2) is 9.97 Å². The van der Waals surface area contributed by atoms with Gasteiger partial charge in [-0.1, -0.05) is 19.3 Å². The second-order valence-electron chi connectivity index (χ2n) is 5.10. The molecule has 2 aromatic rings. The number of hydrogen-bond acceptors (Lipinski definition) is 5. The fourth-order valence-electron chi connectivity index (χ4n) is 2.85. The first-order chi connectivity index (χ1) is 9.79. The van der Waals surface area contributed by atoms with Crippen LogP contribution < -0.4 is 5.32 Å². The number of nitrogens with one attached hydrogen (secondary N) is 1. The van der Waals surface area contributed by atoms with Crippen molar-refractivity contribution in [2.75, 3.05) is 18.5 Å². The van der Waals surface area contributed by atoms with E-state index in [1.165, 1.54) is 19.3 Å². The number of aliphatic hydroxyl groups is 1. The maximum Gasteiger partial charge on any atom is 0.224 e. The largest absolute Gasteiger partial charge is 0.395 e. The summed E-state index contributed by atoms with van der Waals surface area (Å²) in [6, 6.07) is 0.390. The van der Waals surface area contributed by atoms with E-state index in [1.54, 1.807) is 6.20 Å². The summed E-state index contributed by atoms with van der Waals surface area (Å²) in [7, 11) is 0. The Morgan fingerprint density at radius 2 is 2.10 bits per heavy atom. The highest BCUT2D eigenvalue weighted by molar-refractivity contribution is 6.28. The lowest BCUT2D eigenvalue weighted by atomic mass is 9.95. The molecular formula is C13H18ClN5O. The van der Waals surface area contributed by atoms with Gasteiger partial charge in [0, 0.05) is 12.6 Å². The molecule has 7 heteroatoms. The summed E-state index contributed by atoms with van der Waals surface area (Å²) in [5.74, 6) is 0.748. The predicted octanol–water partition coefficient (Wildman–Crippen LogP) is 2.39. The molecule has 1 saturated carbocycles. The molecule has 0 atom stereocenters. The number of nitrogens with zero attached hydrogens (tertiary/aromatic N) is 4. The van der Waals surface area contributed by atoms with Crippen molar-refractivity contribution in [2.24, 2.45) is 0 Å². The lowest BCUT2D eigenvalue weighted by Gasteiger charge is -2.25. The molecule has 0 radical (unpaired) electrons. The van der Waals surface area contributed by atoms with Crippen LogP contribution in [0.4, 0.5) is 5.95 Å². The van der Waals surface area contributed by atoms with Gasteiger partial charge in [0.2, 0.25) is 11.2 Å². The third-order valence-electron chi connectivity index (χ3n) is 3.74. The van der Waals surface area contributed by atoms with E-state index >= 15 is 0 Å². The van der Waals surface area contributed by atoms with Gasteiger partial charge in [0.05, 0.1) is 12.8 Å². The van der Waals surface area contributed by atoms with Crippen molar-refractivity contribution in [1.82, 2.24) is 19.5 Å². The quantitative estimate of drug-likeness (QED) is 0.847. The molecule has 0 aliphatic heterocycles. The van der Waals surface area contributed by atoms with Crippen LogP contribution >= 0.6 is 11.6 Å².